The second kappa shape index (κ2) is 6.23. The number of carbonyl (C=O) groups excluding carboxylic acids is 2. The van der Waals surface area contributed by atoms with Crippen molar-refractivity contribution < 1.29 is 18.5 Å². The molecule has 0 aliphatic carbocycles. The molecule has 1 aliphatic rings. The summed E-state index contributed by atoms with van der Waals surface area (Å²) in [6.07, 6.45) is 3.42. The molecule has 1 N–H and O–H groups in total. The normalized spacial score (nSPS) is 17.1. The summed E-state index contributed by atoms with van der Waals surface area (Å²) in [7, 11) is 0. The summed E-state index contributed by atoms with van der Waals surface area (Å²) >= 11 is 0. The molecule has 1 aromatic carbocycles. The molecule has 2 aromatic heterocycles. The second-order valence-electron chi connectivity index (χ2n) is 5.64. The fraction of sp³-hybridized carbons (Fsp3) is 0.176. The van der Waals surface area contributed by atoms with Crippen LogP contribution in [0.3, 0.4) is 0 Å². The number of aromatic nitrogens is 2. The molecular formula is C17H14N4O4. The Morgan fingerprint density at radius 2 is 2.00 bits per heavy atom. The van der Waals surface area contributed by atoms with E-state index in [0.29, 0.717) is 17.8 Å². The molecule has 0 radical (unpaired) electrons. The number of hydrogen-bond acceptors (Lipinski definition) is 6. The van der Waals surface area contributed by atoms with Gasteiger partial charge in [-0.1, -0.05) is 35.5 Å². The van der Waals surface area contributed by atoms with Crippen molar-refractivity contribution in [1.29, 1.82) is 0 Å². The number of benzene rings is 1. The van der Waals surface area contributed by atoms with Gasteiger partial charge in [0.2, 0.25) is 11.7 Å². The van der Waals surface area contributed by atoms with Crippen LogP contribution in [-0.4, -0.2) is 33.0 Å². The van der Waals surface area contributed by atoms with Crippen LogP contribution >= 0.6 is 0 Å². The smallest absolute Gasteiger partial charge is 0.325 e. The van der Waals surface area contributed by atoms with Crippen LogP contribution in [0.5, 0.6) is 0 Å². The van der Waals surface area contributed by atoms with Gasteiger partial charge in [-0.05, 0) is 11.6 Å². The number of furan rings is 1. The second-order valence-corrected chi connectivity index (χ2v) is 5.64. The van der Waals surface area contributed by atoms with Gasteiger partial charge in [-0.25, -0.2) is 4.79 Å². The molecule has 3 aromatic rings. The highest BCUT2D eigenvalue weighted by molar-refractivity contribution is 6.04. The zero-order valence-corrected chi connectivity index (χ0v) is 13.1. The van der Waals surface area contributed by atoms with Crippen LogP contribution < -0.4 is 5.32 Å². The molecule has 0 saturated carbocycles. The van der Waals surface area contributed by atoms with Gasteiger partial charge < -0.3 is 14.3 Å². The molecule has 8 nitrogen and oxygen atoms in total. The molecule has 0 spiro atoms. The predicted octanol–water partition coefficient (Wildman–Crippen LogP) is 1.99. The Hall–Kier alpha value is -3.42. The van der Waals surface area contributed by atoms with Crippen molar-refractivity contribution in [2.24, 2.45) is 0 Å². The van der Waals surface area contributed by atoms with Crippen molar-refractivity contribution >= 4 is 11.9 Å². The Morgan fingerprint density at radius 1 is 1.16 bits per heavy atom. The number of urea groups is 1. The lowest BCUT2D eigenvalue weighted by atomic mass is 10.1. The van der Waals surface area contributed by atoms with Crippen LogP contribution in [0.4, 0.5) is 4.79 Å². The zero-order chi connectivity index (χ0) is 17.2. The van der Waals surface area contributed by atoms with Crippen LogP contribution in [0.1, 0.15) is 11.5 Å². The van der Waals surface area contributed by atoms with Gasteiger partial charge in [0.05, 0.1) is 11.8 Å². The highest BCUT2D eigenvalue weighted by atomic mass is 16.5. The van der Waals surface area contributed by atoms with Crippen molar-refractivity contribution in [3.05, 3.63) is 60.4 Å². The first-order valence-electron chi connectivity index (χ1n) is 7.71. The van der Waals surface area contributed by atoms with E-state index in [1.54, 1.807) is 6.07 Å². The van der Waals surface area contributed by atoms with Gasteiger partial charge in [0.15, 0.2) is 0 Å². The van der Waals surface area contributed by atoms with Crippen LogP contribution in [0.2, 0.25) is 0 Å². The predicted molar refractivity (Wildman–Crippen MR) is 85.0 cm³/mol. The minimum atomic E-state index is -0.592. The number of amides is 3. The zero-order valence-electron chi connectivity index (χ0n) is 13.1. The Bertz CT molecular complexity index is 889. The first kappa shape index (κ1) is 15.1. The van der Waals surface area contributed by atoms with Gasteiger partial charge in [-0.2, -0.15) is 4.98 Å². The Balaban J connectivity index is 1.46. The van der Waals surface area contributed by atoms with Gasteiger partial charge >= 0.3 is 6.03 Å². The van der Waals surface area contributed by atoms with Gasteiger partial charge in [-0.15, -0.1) is 0 Å². The summed E-state index contributed by atoms with van der Waals surface area (Å²) < 4.78 is 10.1. The summed E-state index contributed by atoms with van der Waals surface area (Å²) in [6.45, 7) is -0.0686. The molecular weight excluding hydrogens is 324 g/mol. The van der Waals surface area contributed by atoms with Crippen LogP contribution in [0.15, 0.2) is 57.9 Å². The van der Waals surface area contributed by atoms with E-state index in [-0.39, 0.29) is 18.3 Å². The molecule has 1 fully saturated rings. The summed E-state index contributed by atoms with van der Waals surface area (Å²) in [4.78, 5) is 29.9. The first-order valence-corrected chi connectivity index (χ1v) is 7.71. The Labute approximate surface area is 142 Å². The molecule has 1 saturated heterocycles. The van der Waals surface area contributed by atoms with Crippen molar-refractivity contribution in [3.63, 3.8) is 0 Å². The molecule has 3 amide bonds. The van der Waals surface area contributed by atoms with E-state index >= 15 is 0 Å². The first-order chi connectivity index (χ1) is 12.2. The molecule has 3 heterocycles. The van der Waals surface area contributed by atoms with E-state index in [1.165, 1.54) is 12.5 Å². The minimum Gasteiger partial charge on any atom is -0.472 e. The summed E-state index contributed by atoms with van der Waals surface area (Å²) in [6, 6.07) is 10.2. The topological polar surface area (TPSA) is 101 Å². The molecule has 8 heteroatoms. The third kappa shape index (κ3) is 3.01. The highest BCUT2D eigenvalue weighted by Crippen LogP contribution is 2.18. The van der Waals surface area contributed by atoms with Crippen LogP contribution in [0, 0.1) is 0 Å². The lowest BCUT2D eigenvalue weighted by Gasteiger charge is -2.10. The number of rotatable bonds is 5. The molecule has 25 heavy (non-hydrogen) atoms. The van der Waals surface area contributed by atoms with Crippen LogP contribution in [0.25, 0.3) is 11.4 Å². The lowest BCUT2D eigenvalue weighted by molar-refractivity contribution is -0.128. The van der Waals surface area contributed by atoms with E-state index in [4.69, 9.17) is 8.94 Å². The minimum absolute atomic E-state index is 0.0686. The molecule has 1 unspecified atom stereocenters. The summed E-state index contributed by atoms with van der Waals surface area (Å²) in [5.74, 6) is 0.216. The van der Waals surface area contributed by atoms with Crippen LogP contribution in [-0.2, 0) is 17.8 Å². The Morgan fingerprint density at radius 3 is 2.76 bits per heavy atom. The van der Waals surface area contributed by atoms with Crippen molar-refractivity contribution in [2.45, 2.75) is 19.0 Å². The molecule has 4 rings (SSSR count). The van der Waals surface area contributed by atoms with E-state index in [9.17, 15) is 9.59 Å². The maximum absolute atomic E-state index is 12.5. The summed E-state index contributed by atoms with van der Waals surface area (Å²) in [5, 5.41) is 6.51. The average Bonchev–Trinajstić information content (AvgIpc) is 3.34. The molecule has 126 valence electrons. The monoisotopic (exact) mass is 338 g/mol. The molecule has 1 aliphatic heterocycles. The average molecular weight is 338 g/mol. The maximum atomic E-state index is 12.5. The van der Waals surface area contributed by atoms with Gasteiger partial charge in [-0.3, -0.25) is 9.69 Å². The van der Waals surface area contributed by atoms with E-state index < -0.39 is 12.1 Å². The molecule has 1 atom stereocenters. The number of imide groups is 1. The van der Waals surface area contributed by atoms with Crippen molar-refractivity contribution in [2.75, 3.05) is 0 Å². The largest absolute Gasteiger partial charge is 0.472 e. The van der Waals surface area contributed by atoms with Crippen molar-refractivity contribution in [3.8, 4) is 11.4 Å². The molecule has 0 bridgehead atoms. The van der Waals surface area contributed by atoms with Crippen molar-refractivity contribution in [1.82, 2.24) is 20.4 Å². The fourth-order valence-corrected chi connectivity index (χ4v) is 2.68. The third-order valence-corrected chi connectivity index (χ3v) is 3.93. The van der Waals surface area contributed by atoms with E-state index in [0.717, 1.165) is 10.5 Å². The van der Waals surface area contributed by atoms with Gasteiger partial charge in [0.1, 0.15) is 18.8 Å². The van der Waals surface area contributed by atoms with Gasteiger partial charge in [0.25, 0.3) is 5.91 Å². The number of hydrogen-bond donors (Lipinski definition) is 1. The highest BCUT2D eigenvalue weighted by Gasteiger charge is 2.38. The fourth-order valence-electron chi connectivity index (χ4n) is 2.68. The Kier molecular flexibility index (Phi) is 3.77. The lowest BCUT2D eigenvalue weighted by Crippen LogP contribution is -2.32. The quantitative estimate of drug-likeness (QED) is 0.714. The maximum Gasteiger partial charge on any atom is 0.325 e. The van der Waals surface area contributed by atoms with E-state index in [1.807, 2.05) is 30.3 Å². The van der Waals surface area contributed by atoms with E-state index in [2.05, 4.69) is 15.5 Å². The number of carbonyl (C=O) groups is 2. The SMILES string of the molecule is O=C1NC(Cc2ccccc2)C(=O)N1Cc1nc(-c2ccoc2)no1. The number of nitrogens with one attached hydrogen (secondary N) is 1. The number of nitrogens with zero attached hydrogens (tertiary/aromatic N) is 3. The summed E-state index contributed by atoms with van der Waals surface area (Å²) in [5.41, 5.74) is 1.64. The van der Waals surface area contributed by atoms with Gasteiger partial charge in [0, 0.05) is 6.42 Å². The third-order valence-electron chi connectivity index (χ3n) is 3.93. The standard InChI is InChI=1S/C17H14N4O4/c22-16-13(8-11-4-2-1-3-5-11)18-17(23)21(16)9-14-19-15(20-25-14)12-6-7-24-10-12/h1-7,10,13H,8-9H2,(H,18,23).